The summed E-state index contributed by atoms with van der Waals surface area (Å²) in [5.41, 5.74) is 0. The number of aliphatic hydroxyl groups excluding tert-OH is 2. The Morgan fingerprint density at radius 2 is 1.92 bits per heavy atom. The van der Waals surface area contributed by atoms with Gasteiger partial charge >= 0.3 is 0 Å². The van der Waals surface area contributed by atoms with Crippen molar-refractivity contribution in [3.8, 4) is 0 Å². The molecule has 0 rings (SSSR count). The van der Waals surface area contributed by atoms with E-state index in [0.717, 1.165) is 32.4 Å². The molecule has 0 saturated heterocycles. The maximum atomic E-state index is 8.62. The van der Waals surface area contributed by atoms with E-state index in [1.165, 1.54) is 0 Å². The Labute approximate surface area is 74.8 Å². The summed E-state index contributed by atoms with van der Waals surface area (Å²) in [5, 5.41) is 20.4. The average molecular weight is 175 g/mol. The van der Waals surface area contributed by atoms with Gasteiger partial charge in [-0.15, -0.1) is 0 Å². The van der Waals surface area contributed by atoms with Gasteiger partial charge in [0, 0.05) is 13.2 Å². The normalized spacial score (nSPS) is 13.2. The molecule has 0 aliphatic heterocycles. The van der Waals surface area contributed by atoms with Gasteiger partial charge in [-0.2, -0.15) is 0 Å². The third kappa shape index (κ3) is 7.98. The van der Waals surface area contributed by atoms with Crippen molar-refractivity contribution in [1.29, 1.82) is 0 Å². The van der Waals surface area contributed by atoms with E-state index in [1.54, 1.807) is 0 Å². The first-order valence-electron chi connectivity index (χ1n) is 4.73. The van der Waals surface area contributed by atoms with Crippen molar-refractivity contribution in [3.05, 3.63) is 0 Å². The predicted octanol–water partition coefficient (Wildman–Crippen LogP) is 0.367. The summed E-state index contributed by atoms with van der Waals surface area (Å²) in [5.74, 6) is 0.545. The lowest BCUT2D eigenvalue weighted by Gasteiger charge is -2.10. The molecular weight excluding hydrogens is 154 g/mol. The molecule has 3 heteroatoms. The first-order chi connectivity index (χ1) is 5.81. The molecule has 3 N–H and O–H groups in total. The number of rotatable bonds is 8. The van der Waals surface area contributed by atoms with Gasteiger partial charge in [0.2, 0.25) is 0 Å². The van der Waals surface area contributed by atoms with Gasteiger partial charge in [0.25, 0.3) is 0 Å². The zero-order valence-electron chi connectivity index (χ0n) is 7.92. The minimum Gasteiger partial charge on any atom is -0.396 e. The highest BCUT2D eigenvalue weighted by atomic mass is 16.3. The highest BCUT2D eigenvalue weighted by molar-refractivity contribution is 4.56. The minimum absolute atomic E-state index is 0.277. The van der Waals surface area contributed by atoms with Gasteiger partial charge in [-0.3, -0.25) is 0 Å². The van der Waals surface area contributed by atoms with E-state index in [4.69, 9.17) is 10.2 Å². The maximum absolute atomic E-state index is 8.62. The molecule has 0 amide bonds. The second kappa shape index (κ2) is 8.97. The quantitative estimate of drug-likeness (QED) is 0.467. The molecule has 0 aliphatic carbocycles. The van der Waals surface area contributed by atoms with Crippen LogP contribution in [0.2, 0.25) is 0 Å². The van der Waals surface area contributed by atoms with Gasteiger partial charge in [0.1, 0.15) is 0 Å². The van der Waals surface area contributed by atoms with Gasteiger partial charge in [-0.1, -0.05) is 6.92 Å². The van der Waals surface area contributed by atoms with E-state index in [1.807, 2.05) is 0 Å². The number of hydrogen-bond donors (Lipinski definition) is 3. The van der Waals surface area contributed by atoms with Crippen LogP contribution in [0.3, 0.4) is 0 Å². The molecule has 0 fully saturated rings. The van der Waals surface area contributed by atoms with Crippen molar-refractivity contribution in [3.63, 3.8) is 0 Å². The number of aliphatic hydroxyl groups is 2. The molecule has 0 spiro atoms. The first-order valence-corrected chi connectivity index (χ1v) is 4.73. The first kappa shape index (κ1) is 11.9. The monoisotopic (exact) mass is 175 g/mol. The molecule has 3 nitrogen and oxygen atoms in total. The smallest absolute Gasteiger partial charge is 0.0434 e. The van der Waals surface area contributed by atoms with E-state index in [2.05, 4.69) is 12.2 Å². The summed E-state index contributed by atoms with van der Waals surface area (Å²) in [7, 11) is 0. The third-order valence-electron chi connectivity index (χ3n) is 1.88. The van der Waals surface area contributed by atoms with Crippen LogP contribution in [0, 0.1) is 5.92 Å². The summed E-state index contributed by atoms with van der Waals surface area (Å²) in [4.78, 5) is 0. The van der Waals surface area contributed by atoms with Crippen LogP contribution in [0.5, 0.6) is 0 Å². The molecule has 0 saturated carbocycles. The zero-order chi connectivity index (χ0) is 9.23. The fourth-order valence-corrected chi connectivity index (χ4v) is 1.03. The molecule has 74 valence electrons. The molecule has 0 heterocycles. The standard InChI is InChI=1S/C9H21NO2/c1-9(4-7-12)8-10-5-2-3-6-11/h9-12H,2-8H2,1H3. The van der Waals surface area contributed by atoms with Crippen LogP contribution in [-0.4, -0.2) is 36.5 Å². The summed E-state index contributed by atoms with van der Waals surface area (Å²) >= 11 is 0. The van der Waals surface area contributed by atoms with E-state index in [-0.39, 0.29) is 13.2 Å². The number of unbranched alkanes of at least 4 members (excludes halogenated alkanes) is 1. The van der Waals surface area contributed by atoms with Gasteiger partial charge in [-0.05, 0) is 38.3 Å². The Kier molecular flexibility index (Phi) is 8.88. The molecule has 1 unspecified atom stereocenters. The van der Waals surface area contributed by atoms with Gasteiger partial charge in [0.05, 0.1) is 0 Å². The van der Waals surface area contributed by atoms with E-state index < -0.39 is 0 Å². The van der Waals surface area contributed by atoms with Crippen molar-refractivity contribution < 1.29 is 10.2 Å². The molecule has 12 heavy (non-hydrogen) atoms. The third-order valence-corrected chi connectivity index (χ3v) is 1.88. The van der Waals surface area contributed by atoms with Gasteiger partial charge in [-0.25, -0.2) is 0 Å². The minimum atomic E-state index is 0.277. The van der Waals surface area contributed by atoms with Gasteiger partial charge < -0.3 is 15.5 Å². The Balaban J connectivity index is 2.97. The lowest BCUT2D eigenvalue weighted by Crippen LogP contribution is -2.23. The summed E-state index contributed by atoms with van der Waals surface area (Å²) in [6.07, 6.45) is 2.77. The Bertz CT molecular complexity index is 88.6. The number of hydrogen-bond acceptors (Lipinski definition) is 3. The molecule has 0 radical (unpaired) electrons. The summed E-state index contributed by atoms with van der Waals surface area (Å²) in [6, 6.07) is 0. The second-order valence-electron chi connectivity index (χ2n) is 3.25. The molecule has 0 aromatic carbocycles. The Morgan fingerprint density at radius 3 is 2.50 bits per heavy atom. The predicted molar refractivity (Wildman–Crippen MR) is 50.1 cm³/mol. The van der Waals surface area contributed by atoms with Crippen LogP contribution in [-0.2, 0) is 0 Å². The van der Waals surface area contributed by atoms with Crippen LogP contribution < -0.4 is 5.32 Å². The molecule has 0 aromatic rings. The van der Waals surface area contributed by atoms with Crippen LogP contribution in [0.1, 0.15) is 26.2 Å². The largest absolute Gasteiger partial charge is 0.396 e. The molecule has 0 aromatic heterocycles. The molecule has 1 atom stereocenters. The Hall–Kier alpha value is -0.120. The SMILES string of the molecule is CC(CCO)CNCCCCO. The van der Waals surface area contributed by atoms with Crippen molar-refractivity contribution in [2.45, 2.75) is 26.2 Å². The van der Waals surface area contributed by atoms with Crippen LogP contribution >= 0.6 is 0 Å². The molecular formula is C9H21NO2. The van der Waals surface area contributed by atoms with Gasteiger partial charge in [0.15, 0.2) is 0 Å². The van der Waals surface area contributed by atoms with E-state index in [9.17, 15) is 0 Å². The zero-order valence-corrected chi connectivity index (χ0v) is 7.92. The second-order valence-corrected chi connectivity index (χ2v) is 3.25. The average Bonchev–Trinajstić information content (AvgIpc) is 2.05. The fourth-order valence-electron chi connectivity index (χ4n) is 1.03. The topological polar surface area (TPSA) is 52.5 Å². The van der Waals surface area contributed by atoms with Crippen LogP contribution in [0.15, 0.2) is 0 Å². The van der Waals surface area contributed by atoms with Crippen molar-refractivity contribution in [2.75, 3.05) is 26.3 Å². The lowest BCUT2D eigenvalue weighted by atomic mass is 10.1. The maximum Gasteiger partial charge on any atom is 0.0434 e. The fraction of sp³-hybridized carbons (Fsp3) is 1.00. The number of nitrogens with one attached hydrogen (secondary N) is 1. The van der Waals surface area contributed by atoms with Crippen molar-refractivity contribution >= 4 is 0 Å². The molecule has 0 aliphatic rings. The highest BCUT2D eigenvalue weighted by Gasteiger charge is 1.98. The Morgan fingerprint density at radius 1 is 1.17 bits per heavy atom. The summed E-state index contributed by atoms with van der Waals surface area (Å²) in [6.45, 7) is 4.62. The van der Waals surface area contributed by atoms with Crippen LogP contribution in [0.4, 0.5) is 0 Å². The van der Waals surface area contributed by atoms with Crippen LogP contribution in [0.25, 0.3) is 0 Å². The highest BCUT2D eigenvalue weighted by Crippen LogP contribution is 1.97. The van der Waals surface area contributed by atoms with Crippen molar-refractivity contribution in [2.24, 2.45) is 5.92 Å². The van der Waals surface area contributed by atoms with E-state index >= 15 is 0 Å². The van der Waals surface area contributed by atoms with Crippen molar-refractivity contribution in [1.82, 2.24) is 5.32 Å². The summed E-state index contributed by atoms with van der Waals surface area (Å²) < 4.78 is 0. The lowest BCUT2D eigenvalue weighted by molar-refractivity contribution is 0.259. The van der Waals surface area contributed by atoms with E-state index in [0.29, 0.717) is 5.92 Å². The molecule has 0 bridgehead atoms.